The van der Waals surface area contributed by atoms with Crippen molar-refractivity contribution in [3.05, 3.63) is 125 Å². The van der Waals surface area contributed by atoms with Crippen LogP contribution in [0.25, 0.3) is 54.6 Å². The molecule has 0 bridgehead atoms. The van der Waals surface area contributed by atoms with Gasteiger partial charge in [-0.3, -0.25) is 4.79 Å². The molecule has 0 saturated heterocycles. The molecular weight excluding hydrogens is 514 g/mol. The minimum absolute atomic E-state index is 0.0928. The number of carboxylic acid groups (broad SMARTS) is 1. The van der Waals surface area contributed by atoms with Gasteiger partial charge in [-0.1, -0.05) is 30.3 Å². The topological polar surface area (TPSA) is 91.0 Å². The fourth-order valence-corrected chi connectivity index (χ4v) is 5.64. The number of rotatable bonds is 4. The second-order valence-corrected chi connectivity index (χ2v) is 10.1. The van der Waals surface area contributed by atoms with Crippen molar-refractivity contribution in [3.8, 4) is 16.9 Å². The number of phenolic OH excluding ortho intramolecular Hbond substituents is 1. The monoisotopic (exact) mass is 537 g/mol. The maximum absolute atomic E-state index is 12.3. The lowest BCUT2D eigenvalue weighted by molar-refractivity contribution is 0.0697. The van der Waals surface area contributed by atoms with E-state index in [4.69, 9.17) is 4.42 Å². The van der Waals surface area contributed by atoms with E-state index in [1.807, 2.05) is 72.6 Å². The number of carboxylic acids is 1. The summed E-state index contributed by atoms with van der Waals surface area (Å²) in [5, 5.41) is 24.6. The summed E-state index contributed by atoms with van der Waals surface area (Å²) in [5.74, 6) is -0.803. The summed E-state index contributed by atoms with van der Waals surface area (Å²) >= 11 is 0. The van der Waals surface area contributed by atoms with E-state index in [9.17, 15) is 19.8 Å². The Bertz CT molecular complexity index is 2230. The smallest absolute Gasteiger partial charge is 0.336 e. The van der Waals surface area contributed by atoms with Crippen molar-refractivity contribution in [1.29, 1.82) is 0 Å². The molecule has 6 aromatic carbocycles. The minimum Gasteiger partial charge on any atom is -0.508 e. The van der Waals surface area contributed by atoms with E-state index in [0.29, 0.717) is 16.7 Å². The maximum Gasteiger partial charge on any atom is 0.336 e. The van der Waals surface area contributed by atoms with Crippen LogP contribution in [0.5, 0.6) is 5.75 Å². The largest absolute Gasteiger partial charge is 0.508 e. The van der Waals surface area contributed by atoms with Gasteiger partial charge in [0.15, 0.2) is 5.43 Å². The number of fused-ring (bicyclic) bond motifs is 6. The summed E-state index contributed by atoms with van der Waals surface area (Å²) in [6.45, 7) is 0. The summed E-state index contributed by atoms with van der Waals surface area (Å²) in [6, 6.07) is 32.7. The van der Waals surface area contributed by atoms with Gasteiger partial charge in [0.05, 0.1) is 5.56 Å². The zero-order valence-corrected chi connectivity index (χ0v) is 22.0. The number of anilines is 2. The van der Waals surface area contributed by atoms with Crippen LogP contribution in [0.15, 0.2) is 118 Å². The van der Waals surface area contributed by atoms with E-state index in [1.165, 1.54) is 6.07 Å². The summed E-state index contributed by atoms with van der Waals surface area (Å²) in [5.41, 5.74) is 4.55. The highest BCUT2D eigenvalue weighted by Crippen LogP contribution is 2.43. The molecule has 0 saturated carbocycles. The van der Waals surface area contributed by atoms with E-state index < -0.39 is 5.97 Å². The average molecular weight is 538 g/mol. The van der Waals surface area contributed by atoms with E-state index in [2.05, 4.69) is 6.07 Å². The number of benzene rings is 6. The SMILES string of the molecule is CN(c1ccc(O)cc1)c1ccc2c(ccc3c(-c4ccccc4C(=O)O)c4ccc5cc(=O)ccc5c4oc32)c1. The second-order valence-electron chi connectivity index (χ2n) is 10.1. The molecule has 7 aromatic rings. The standard InChI is InChI=1S/C35H23NO5/c1-36(22-8-11-24(37)12-9-22)23-10-16-26-20(18-23)6-14-30-32(28-4-2-3-5-29(28)35(39)40)31-15-7-21-19-25(38)13-17-27(21)34(31)41-33(26)30/h2-19,37H,1H3,(H,39,40). The van der Waals surface area contributed by atoms with Crippen LogP contribution < -0.4 is 10.3 Å². The lowest BCUT2D eigenvalue weighted by atomic mass is 9.91. The Kier molecular flexibility index (Phi) is 5.51. The molecule has 0 amide bonds. The number of aromatic carboxylic acids is 1. The molecule has 0 fully saturated rings. The van der Waals surface area contributed by atoms with Crippen molar-refractivity contribution < 1.29 is 19.4 Å². The molecule has 1 heterocycles. The fourth-order valence-electron chi connectivity index (χ4n) is 5.64. The van der Waals surface area contributed by atoms with Crippen molar-refractivity contribution in [2.24, 2.45) is 0 Å². The van der Waals surface area contributed by atoms with Gasteiger partial charge >= 0.3 is 5.97 Å². The van der Waals surface area contributed by atoms with Crippen molar-refractivity contribution in [1.82, 2.24) is 0 Å². The normalized spacial score (nSPS) is 11.4. The minimum atomic E-state index is -1.01. The van der Waals surface area contributed by atoms with Crippen LogP contribution in [0.4, 0.5) is 11.4 Å². The molecule has 0 aliphatic rings. The van der Waals surface area contributed by atoms with Crippen molar-refractivity contribution in [2.45, 2.75) is 0 Å². The third-order valence-electron chi connectivity index (χ3n) is 7.69. The van der Waals surface area contributed by atoms with Crippen molar-refractivity contribution >= 4 is 60.8 Å². The fraction of sp³-hybridized carbons (Fsp3) is 0.0286. The molecule has 41 heavy (non-hydrogen) atoms. The summed E-state index contributed by atoms with van der Waals surface area (Å²) in [4.78, 5) is 26.4. The highest BCUT2D eigenvalue weighted by atomic mass is 16.4. The number of phenols is 1. The van der Waals surface area contributed by atoms with Crippen LogP contribution in [0.1, 0.15) is 10.4 Å². The first kappa shape index (κ1) is 24.4. The number of aromatic hydroxyl groups is 1. The van der Waals surface area contributed by atoms with Gasteiger partial charge < -0.3 is 19.5 Å². The Hall–Kier alpha value is -5.62. The summed E-state index contributed by atoms with van der Waals surface area (Å²) in [7, 11) is 1.96. The van der Waals surface area contributed by atoms with Gasteiger partial charge in [0.2, 0.25) is 0 Å². The van der Waals surface area contributed by atoms with Crippen molar-refractivity contribution in [2.75, 3.05) is 11.9 Å². The lowest BCUT2D eigenvalue weighted by Gasteiger charge is -2.20. The molecule has 0 spiro atoms. The lowest BCUT2D eigenvalue weighted by Crippen LogP contribution is -2.08. The Morgan fingerprint density at radius 1 is 0.683 bits per heavy atom. The molecule has 198 valence electrons. The van der Waals surface area contributed by atoms with E-state index in [-0.39, 0.29) is 16.7 Å². The first-order valence-electron chi connectivity index (χ1n) is 13.1. The summed E-state index contributed by atoms with van der Waals surface area (Å²) in [6.07, 6.45) is 0. The maximum atomic E-state index is 12.3. The van der Waals surface area contributed by atoms with Gasteiger partial charge in [0.25, 0.3) is 0 Å². The van der Waals surface area contributed by atoms with E-state index in [1.54, 1.807) is 36.4 Å². The number of hydrogen-bond acceptors (Lipinski definition) is 5. The molecule has 0 radical (unpaired) electrons. The molecule has 6 nitrogen and oxygen atoms in total. The van der Waals surface area contributed by atoms with Crippen LogP contribution in [0.3, 0.4) is 0 Å². The van der Waals surface area contributed by atoms with Crippen LogP contribution in [-0.4, -0.2) is 23.2 Å². The third-order valence-corrected chi connectivity index (χ3v) is 7.69. The zero-order chi connectivity index (χ0) is 28.2. The molecule has 0 aliphatic carbocycles. The van der Waals surface area contributed by atoms with Crippen LogP contribution >= 0.6 is 0 Å². The van der Waals surface area contributed by atoms with E-state index in [0.717, 1.165) is 49.3 Å². The highest BCUT2D eigenvalue weighted by molar-refractivity contribution is 6.21. The van der Waals surface area contributed by atoms with Gasteiger partial charge in [0, 0.05) is 45.5 Å². The van der Waals surface area contributed by atoms with Crippen molar-refractivity contribution in [3.63, 3.8) is 0 Å². The Balaban J connectivity index is 1.56. The Morgan fingerprint density at radius 2 is 1.27 bits per heavy atom. The van der Waals surface area contributed by atoms with E-state index >= 15 is 0 Å². The summed E-state index contributed by atoms with van der Waals surface area (Å²) < 4.78 is 6.68. The van der Waals surface area contributed by atoms with Crippen LogP contribution in [0, 0.1) is 0 Å². The molecule has 7 rings (SSSR count). The highest BCUT2D eigenvalue weighted by Gasteiger charge is 2.20. The number of hydrogen-bond donors (Lipinski definition) is 2. The Labute approximate surface area is 233 Å². The van der Waals surface area contributed by atoms with Gasteiger partial charge in [-0.2, -0.15) is 0 Å². The first-order valence-corrected chi connectivity index (χ1v) is 13.1. The van der Waals surface area contributed by atoms with Gasteiger partial charge in [-0.15, -0.1) is 0 Å². The van der Waals surface area contributed by atoms with Crippen LogP contribution in [-0.2, 0) is 0 Å². The molecule has 0 aliphatic heterocycles. The quantitative estimate of drug-likeness (QED) is 0.174. The van der Waals surface area contributed by atoms with Crippen LogP contribution in [0.2, 0.25) is 0 Å². The number of nitrogens with zero attached hydrogens (tertiary/aromatic N) is 1. The predicted octanol–water partition coefficient (Wildman–Crippen LogP) is 8.09. The molecule has 1 aromatic heterocycles. The van der Waals surface area contributed by atoms with Gasteiger partial charge in [-0.05, 0) is 95.2 Å². The second kappa shape index (κ2) is 9.24. The third kappa shape index (κ3) is 3.96. The molecule has 2 N–H and O–H groups in total. The zero-order valence-electron chi connectivity index (χ0n) is 22.0. The number of carbonyl (C=O) groups is 1. The predicted molar refractivity (Wildman–Crippen MR) is 164 cm³/mol. The Morgan fingerprint density at radius 3 is 1.95 bits per heavy atom. The molecular formula is C35H23NO5. The van der Waals surface area contributed by atoms with Gasteiger partial charge in [-0.25, -0.2) is 4.79 Å². The average Bonchev–Trinajstić information content (AvgIpc) is 2.99. The first-order chi connectivity index (χ1) is 19.9. The molecule has 6 heteroatoms. The molecule has 0 atom stereocenters. The van der Waals surface area contributed by atoms with Gasteiger partial charge in [0.1, 0.15) is 16.9 Å². The molecule has 0 unspecified atom stereocenters.